The summed E-state index contributed by atoms with van der Waals surface area (Å²) < 4.78 is 63.4. The van der Waals surface area contributed by atoms with Crippen molar-refractivity contribution in [1.29, 1.82) is 0 Å². The zero-order valence-electron chi connectivity index (χ0n) is 20.9. The number of methoxy groups -OCH3 is 2. The Morgan fingerprint density at radius 3 is 2.50 bits per heavy atom. The molecule has 198 valence electrons. The van der Waals surface area contributed by atoms with Crippen LogP contribution in [0.4, 0.5) is 10.3 Å². The van der Waals surface area contributed by atoms with E-state index in [0.717, 1.165) is 6.20 Å². The molecule has 5 rings (SSSR count). The number of anilines is 1. The molecule has 1 N–H and O–H groups in total. The van der Waals surface area contributed by atoms with Crippen LogP contribution in [-0.4, -0.2) is 57.2 Å². The Kier molecular flexibility index (Phi) is 6.48. The number of aryl methyl sites for hydroxylation is 1. The molecule has 12 nitrogen and oxygen atoms in total. The van der Waals surface area contributed by atoms with Crippen molar-refractivity contribution in [3.63, 3.8) is 0 Å². The van der Waals surface area contributed by atoms with Crippen molar-refractivity contribution in [2.75, 3.05) is 18.9 Å². The van der Waals surface area contributed by atoms with Gasteiger partial charge < -0.3 is 18.5 Å². The van der Waals surface area contributed by atoms with Gasteiger partial charge in [0.1, 0.15) is 28.2 Å². The standard InChI is InChI=1S/C24H24FN7O5S/c1-14(11-16-20-21(15(25)12-26-16)31(2)13-27-20)38(33,34)30-24-29-28-23(19-9-6-10-37-19)32(24)22-17(35-3)7-5-8-18(22)36-4/h5-10,12-14H,11H2,1-4H3,(H,29,30)/t14-/m1/s1. The van der Waals surface area contributed by atoms with E-state index >= 15 is 0 Å². The third-order valence-electron chi connectivity index (χ3n) is 6.04. The second-order valence-electron chi connectivity index (χ2n) is 8.44. The maximum absolute atomic E-state index is 14.3. The predicted octanol–water partition coefficient (Wildman–Crippen LogP) is 3.34. The molecular formula is C24H24FN7O5S. The van der Waals surface area contributed by atoms with Gasteiger partial charge in [-0.3, -0.25) is 14.3 Å². The number of hydrogen-bond donors (Lipinski definition) is 1. The summed E-state index contributed by atoms with van der Waals surface area (Å²) in [7, 11) is 0.552. The van der Waals surface area contributed by atoms with Crippen molar-refractivity contribution < 1.29 is 26.7 Å². The van der Waals surface area contributed by atoms with Crippen molar-refractivity contribution >= 4 is 27.0 Å². The molecule has 0 saturated heterocycles. The number of para-hydroxylation sites is 1. The molecule has 0 aliphatic rings. The van der Waals surface area contributed by atoms with Gasteiger partial charge in [0, 0.05) is 13.5 Å². The molecule has 0 radical (unpaired) electrons. The topological polar surface area (TPSA) is 139 Å². The van der Waals surface area contributed by atoms with E-state index in [1.165, 1.54) is 42.9 Å². The molecule has 0 aliphatic carbocycles. The average molecular weight is 542 g/mol. The number of rotatable bonds is 9. The Balaban J connectivity index is 1.56. The molecule has 14 heteroatoms. The molecule has 1 atom stereocenters. The van der Waals surface area contributed by atoms with E-state index in [1.54, 1.807) is 37.4 Å². The van der Waals surface area contributed by atoms with Gasteiger partial charge >= 0.3 is 0 Å². The van der Waals surface area contributed by atoms with Crippen molar-refractivity contribution in [3.8, 4) is 28.8 Å². The van der Waals surface area contributed by atoms with Gasteiger partial charge in [-0.15, -0.1) is 10.2 Å². The minimum atomic E-state index is -4.06. The summed E-state index contributed by atoms with van der Waals surface area (Å²) >= 11 is 0. The first-order valence-corrected chi connectivity index (χ1v) is 13.0. The Morgan fingerprint density at radius 2 is 1.84 bits per heavy atom. The number of aromatic nitrogens is 6. The highest BCUT2D eigenvalue weighted by Crippen LogP contribution is 2.38. The Bertz CT molecular complexity index is 1690. The molecule has 5 aromatic rings. The number of nitrogens with one attached hydrogen (secondary N) is 1. The fourth-order valence-corrected chi connectivity index (χ4v) is 5.08. The maximum atomic E-state index is 14.3. The Morgan fingerprint density at radius 1 is 1.11 bits per heavy atom. The molecule has 4 aromatic heterocycles. The van der Waals surface area contributed by atoms with Crippen LogP contribution in [0, 0.1) is 5.82 Å². The summed E-state index contributed by atoms with van der Waals surface area (Å²) in [5.41, 5.74) is 1.27. The van der Waals surface area contributed by atoms with Crippen LogP contribution in [0.3, 0.4) is 0 Å². The number of pyridine rings is 1. The summed E-state index contributed by atoms with van der Waals surface area (Å²) in [6, 6.07) is 8.47. The summed E-state index contributed by atoms with van der Waals surface area (Å²) in [6.07, 6.45) is 3.95. The summed E-state index contributed by atoms with van der Waals surface area (Å²) in [6.45, 7) is 1.51. The van der Waals surface area contributed by atoms with E-state index in [-0.39, 0.29) is 23.7 Å². The van der Waals surface area contributed by atoms with Crippen molar-refractivity contribution in [3.05, 3.63) is 60.6 Å². The van der Waals surface area contributed by atoms with Crippen LogP contribution in [0.2, 0.25) is 0 Å². The highest BCUT2D eigenvalue weighted by molar-refractivity contribution is 7.93. The molecule has 1 aromatic carbocycles. The first-order valence-electron chi connectivity index (χ1n) is 11.4. The number of sulfonamides is 1. The second kappa shape index (κ2) is 9.78. The van der Waals surface area contributed by atoms with Crippen LogP contribution < -0.4 is 14.2 Å². The van der Waals surface area contributed by atoms with E-state index in [1.807, 2.05) is 0 Å². The number of nitrogens with zero attached hydrogens (tertiary/aromatic N) is 6. The van der Waals surface area contributed by atoms with E-state index < -0.39 is 21.1 Å². The summed E-state index contributed by atoms with van der Waals surface area (Å²) in [5.74, 6) is 0.690. The fraction of sp³-hybridized carbons (Fsp3) is 0.250. The fourth-order valence-electron chi connectivity index (χ4n) is 4.12. The lowest BCUT2D eigenvalue weighted by Gasteiger charge is -2.18. The normalized spacial score (nSPS) is 12.6. The molecule has 0 aliphatic heterocycles. The van der Waals surface area contributed by atoms with Crippen LogP contribution in [0.5, 0.6) is 11.5 Å². The zero-order chi connectivity index (χ0) is 27.0. The lowest BCUT2D eigenvalue weighted by atomic mass is 10.2. The van der Waals surface area contributed by atoms with Gasteiger partial charge in [0.25, 0.3) is 0 Å². The summed E-state index contributed by atoms with van der Waals surface area (Å²) in [5, 5.41) is 7.29. The molecule has 0 saturated carbocycles. The van der Waals surface area contributed by atoms with Crippen LogP contribution >= 0.6 is 0 Å². The van der Waals surface area contributed by atoms with Gasteiger partial charge in [-0.05, 0) is 31.2 Å². The molecule has 38 heavy (non-hydrogen) atoms. The van der Waals surface area contributed by atoms with Gasteiger partial charge in [-0.2, -0.15) is 0 Å². The molecule has 0 bridgehead atoms. The van der Waals surface area contributed by atoms with Gasteiger partial charge in [-0.25, -0.2) is 17.8 Å². The quantitative estimate of drug-likeness (QED) is 0.298. The molecule has 0 spiro atoms. The van der Waals surface area contributed by atoms with Crippen LogP contribution in [-0.2, 0) is 23.5 Å². The number of benzene rings is 1. The molecule has 0 fully saturated rings. The van der Waals surface area contributed by atoms with E-state index in [0.29, 0.717) is 34.2 Å². The van der Waals surface area contributed by atoms with Crippen molar-refractivity contribution in [1.82, 2.24) is 29.3 Å². The number of ether oxygens (including phenoxy) is 2. The van der Waals surface area contributed by atoms with Crippen LogP contribution in [0.15, 0.2) is 53.5 Å². The van der Waals surface area contributed by atoms with Gasteiger partial charge in [0.2, 0.25) is 21.8 Å². The molecular weight excluding hydrogens is 517 g/mol. The first kappa shape index (κ1) is 25.2. The van der Waals surface area contributed by atoms with Gasteiger partial charge in [-0.1, -0.05) is 6.07 Å². The van der Waals surface area contributed by atoms with E-state index in [2.05, 4.69) is 24.9 Å². The number of furan rings is 1. The van der Waals surface area contributed by atoms with E-state index in [4.69, 9.17) is 13.9 Å². The minimum Gasteiger partial charge on any atom is -0.494 e. The lowest BCUT2D eigenvalue weighted by Crippen LogP contribution is -2.29. The van der Waals surface area contributed by atoms with Gasteiger partial charge in [0.15, 0.2) is 11.6 Å². The minimum absolute atomic E-state index is 0.0275. The smallest absolute Gasteiger partial charge is 0.243 e. The van der Waals surface area contributed by atoms with Gasteiger partial charge in [0.05, 0.1) is 44.0 Å². The third-order valence-corrected chi connectivity index (χ3v) is 7.74. The van der Waals surface area contributed by atoms with Crippen molar-refractivity contribution in [2.24, 2.45) is 7.05 Å². The molecule has 4 heterocycles. The lowest BCUT2D eigenvalue weighted by molar-refractivity contribution is 0.391. The highest BCUT2D eigenvalue weighted by Gasteiger charge is 2.29. The monoisotopic (exact) mass is 541 g/mol. The van der Waals surface area contributed by atoms with Crippen LogP contribution in [0.25, 0.3) is 28.3 Å². The molecule has 0 unspecified atom stereocenters. The Labute approximate surface area is 217 Å². The predicted molar refractivity (Wildman–Crippen MR) is 136 cm³/mol. The number of hydrogen-bond acceptors (Lipinski definition) is 9. The maximum Gasteiger partial charge on any atom is 0.243 e. The van der Waals surface area contributed by atoms with E-state index in [9.17, 15) is 12.8 Å². The zero-order valence-corrected chi connectivity index (χ0v) is 21.7. The molecule has 0 amide bonds. The number of halogens is 1. The second-order valence-corrected chi connectivity index (χ2v) is 10.5. The number of fused-ring (bicyclic) bond motifs is 1. The number of imidazole rings is 1. The Hall–Kier alpha value is -4.46. The highest BCUT2D eigenvalue weighted by atomic mass is 32.2. The summed E-state index contributed by atoms with van der Waals surface area (Å²) in [4.78, 5) is 8.31. The third kappa shape index (κ3) is 4.32. The van der Waals surface area contributed by atoms with Crippen LogP contribution in [0.1, 0.15) is 12.6 Å². The SMILES string of the molecule is COc1cccc(OC)c1-n1c(NS(=O)(=O)[C@H](C)Cc2ncc(F)c3c2ncn3C)nnc1-c1ccco1. The van der Waals surface area contributed by atoms with Crippen molar-refractivity contribution in [2.45, 2.75) is 18.6 Å². The first-order chi connectivity index (χ1) is 18.2. The largest absolute Gasteiger partial charge is 0.494 e. The average Bonchev–Trinajstić information content (AvgIpc) is 3.65.